The van der Waals surface area contributed by atoms with Gasteiger partial charge in [-0.1, -0.05) is 29.8 Å². The third-order valence-corrected chi connectivity index (χ3v) is 5.08. The lowest BCUT2D eigenvalue weighted by Crippen LogP contribution is -2.33. The Labute approximate surface area is 145 Å². The quantitative estimate of drug-likeness (QED) is 0.820. The third kappa shape index (κ3) is 4.47. The molecular weight excluding hydrogens is 352 g/mol. The second kappa shape index (κ2) is 7.65. The molecule has 24 heavy (non-hydrogen) atoms. The lowest BCUT2D eigenvalue weighted by Gasteiger charge is -2.12. The Morgan fingerprint density at radius 2 is 1.92 bits per heavy atom. The number of carbonyl (C=O) groups excluding carboxylic acids is 1. The maximum Gasteiger partial charge on any atom is 0.242 e. The van der Waals surface area contributed by atoms with Gasteiger partial charge in [-0.3, -0.25) is 4.79 Å². The van der Waals surface area contributed by atoms with Gasteiger partial charge >= 0.3 is 0 Å². The van der Waals surface area contributed by atoms with Crippen LogP contribution < -0.4 is 14.8 Å². The van der Waals surface area contributed by atoms with Crippen LogP contribution in [0.5, 0.6) is 5.75 Å². The first-order valence-corrected chi connectivity index (χ1v) is 8.88. The number of aryl methyl sites for hydroxylation is 1. The summed E-state index contributed by atoms with van der Waals surface area (Å²) in [5, 5.41) is 2.71. The Morgan fingerprint density at radius 3 is 2.58 bits per heavy atom. The third-order valence-electron chi connectivity index (χ3n) is 3.18. The zero-order valence-electron chi connectivity index (χ0n) is 13.2. The van der Waals surface area contributed by atoms with Crippen molar-refractivity contribution < 1.29 is 17.9 Å². The summed E-state index contributed by atoms with van der Waals surface area (Å²) < 4.78 is 31.8. The topological polar surface area (TPSA) is 84.5 Å². The monoisotopic (exact) mass is 368 g/mol. The Kier molecular flexibility index (Phi) is 5.82. The number of methoxy groups -OCH3 is 1. The van der Waals surface area contributed by atoms with E-state index in [9.17, 15) is 13.2 Å². The number of amides is 1. The van der Waals surface area contributed by atoms with Crippen molar-refractivity contribution in [3.8, 4) is 5.75 Å². The predicted molar refractivity (Wildman–Crippen MR) is 93.0 cm³/mol. The van der Waals surface area contributed by atoms with E-state index in [2.05, 4.69) is 10.0 Å². The van der Waals surface area contributed by atoms with Crippen molar-refractivity contribution >= 4 is 33.2 Å². The van der Waals surface area contributed by atoms with E-state index in [4.69, 9.17) is 16.3 Å². The number of halogens is 1. The van der Waals surface area contributed by atoms with Crippen LogP contribution >= 0.6 is 11.6 Å². The molecule has 6 nitrogen and oxygen atoms in total. The van der Waals surface area contributed by atoms with Gasteiger partial charge in [0, 0.05) is 0 Å². The Morgan fingerprint density at radius 1 is 1.21 bits per heavy atom. The summed E-state index contributed by atoms with van der Waals surface area (Å²) in [6.45, 7) is 1.44. The molecule has 0 atom stereocenters. The van der Waals surface area contributed by atoms with Gasteiger partial charge in [-0.15, -0.1) is 0 Å². The molecule has 1 amide bonds. The summed E-state index contributed by atoms with van der Waals surface area (Å²) in [6.07, 6.45) is 0. The van der Waals surface area contributed by atoms with Crippen molar-refractivity contribution in [2.45, 2.75) is 11.8 Å². The number of ether oxygens (including phenoxy) is 1. The predicted octanol–water partition coefficient (Wildman–Crippen LogP) is 2.57. The average molecular weight is 369 g/mol. The van der Waals surface area contributed by atoms with E-state index < -0.39 is 22.5 Å². The van der Waals surface area contributed by atoms with Crippen LogP contribution in [0.25, 0.3) is 0 Å². The van der Waals surface area contributed by atoms with Crippen molar-refractivity contribution in [3.05, 3.63) is 53.1 Å². The normalized spacial score (nSPS) is 11.1. The van der Waals surface area contributed by atoms with Crippen molar-refractivity contribution in [1.82, 2.24) is 4.72 Å². The van der Waals surface area contributed by atoms with Gasteiger partial charge in [0.1, 0.15) is 10.6 Å². The molecule has 0 bridgehead atoms. The highest BCUT2D eigenvalue weighted by atomic mass is 35.5. The maximum atomic E-state index is 12.2. The molecule has 0 saturated carbocycles. The van der Waals surface area contributed by atoms with Crippen LogP contribution in [0.2, 0.25) is 5.02 Å². The molecule has 0 aliphatic rings. The van der Waals surface area contributed by atoms with Gasteiger partial charge in [-0.05, 0) is 36.8 Å². The Hall–Kier alpha value is -2.09. The number of carbonyl (C=O) groups is 1. The smallest absolute Gasteiger partial charge is 0.242 e. The SMILES string of the molecule is COc1ccc(C)cc1NC(=O)CNS(=O)(=O)c1ccccc1Cl. The van der Waals surface area contributed by atoms with E-state index in [-0.39, 0.29) is 9.92 Å². The summed E-state index contributed by atoms with van der Waals surface area (Å²) in [5.41, 5.74) is 1.40. The molecule has 0 unspecified atom stereocenters. The summed E-state index contributed by atoms with van der Waals surface area (Å²) >= 11 is 5.87. The number of nitrogens with one attached hydrogen (secondary N) is 2. The molecule has 2 rings (SSSR count). The number of sulfonamides is 1. The minimum atomic E-state index is -3.88. The minimum Gasteiger partial charge on any atom is -0.495 e. The molecule has 8 heteroatoms. The molecular formula is C16H17ClN2O4S. The van der Waals surface area contributed by atoms with Crippen LogP contribution in [0, 0.1) is 6.92 Å². The fourth-order valence-corrected chi connectivity index (χ4v) is 3.51. The molecule has 0 fully saturated rings. The van der Waals surface area contributed by atoms with Crippen LogP contribution in [0.1, 0.15) is 5.56 Å². The van der Waals surface area contributed by atoms with Gasteiger partial charge in [0.15, 0.2) is 0 Å². The number of benzene rings is 2. The Balaban J connectivity index is 2.06. The van der Waals surface area contributed by atoms with Crippen molar-refractivity contribution in [3.63, 3.8) is 0 Å². The van der Waals surface area contributed by atoms with E-state index >= 15 is 0 Å². The fourth-order valence-electron chi connectivity index (χ4n) is 2.01. The molecule has 2 aromatic carbocycles. The summed E-state index contributed by atoms with van der Waals surface area (Å²) in [5.74, 6) is -0.0301. The summed E-state index contributed by atoms with van der Waals surface area (Å²) in [4.78, 5) is 12.0. The minimum absolute atomic E-state index is 0.0763. The molecule has 0 radical (unpaired) electrons. The molecule has 0 aliphatic heterocycles. The van der Waals surface area contributed by atoms with E-state index in [1.807, 2.05) is 13.0 Å². The van der Waals surface area contributed by atoms with E-state index in [1.165, 1.54) is 19.2 Å². The molecule has 0 heterocycles. The molecule has 2 N–H and O–H groups in total. The van der Waals surface area contributed by atoms with Crippen LogP contribution in [0.4, 0.5) is 5.69 Å². The van der Waals surface area contributed by atoms with Gasteiger partial charge in [-0.25, -0.2) is 13.1 Å². The largest absolute Gasteiger partial charge is 0.495 e. The first-order chi connectivity index (χ1) is 11.3. The van der Waals surface area contributed by atoms with Gasteiger partial charge in [-0.2, -0.15) is 0 Å². The highest BCUT2D eigenvalue weighted by molar-refractivity contribution is 7.89. The highest BCUT2D eigenvalue weighted by Gasteiger charge is 2.18. The molecule has 0 saturated heterocycles. The first-order valence-electron chi connectivity index (χ1n) is 7.02. The average Bonchev–Trinajstić information content (AvgIpc) is 2.53. The second-order valence-electron chi connectivity index (χ2n) is 5.01. The lowest BCUT2D eigenvalue weighted by molar-refractivity contribution is -0.115. The standard InChI is InChI=1S/C16H17ClN2O4S/c1-11-7-8-14(23-2)13(9-11)19-16(20)10-18-24(21,22)15-6-4-3-5-12(15)17/h3-9,18H,10H2,1-2H3,(H,19,20). The van der Waals surface area contributed by atoms with Crippen molar-refractivity contribution in [2.24, 2.45) is 0 Å². The van der Waals surface area contributed by atoms with Gasteiger partial charge in [0.2, 0.25) is 15.9 Å². The lowest BCUT2D eigenvalue weighted by atomic mass is 10.2. The van der Waals surface area contributed by atoms with Gasteiger partial charge < -0.3 is 10.1 Å². The zero-order valence-corrected chi connectivity index (χ0v) is 14.7. The van der Waals surface area contributed by atoms with E-state index in [1.54, 1.807) is 24.3 Å². The number of hydrogen-bond acceptors (Lipinski definition) is 4. The summed E-state index contributed by atoms with van der Waals surface area (Å²) in [6, 6.07) is 11.3. The van der Waals surface area contributed by atoms with Crippen LogP contribution in [-0.4, -0.2) is 28.0 Å². The number of anilines is 1. The number of rotatable bonds is 6. The van der Waals surface area contributed by atoms with Crippen LogP contribution in [0.15, 0.2) is 47.4 Å². The number of hydrogen-bond donors (Lipinski definition) is 2. The molecule has 0 aromatic heterocycles. The van der Waals surface area contributed by atoms with Crippen molar-refractivity contribution in [1.29, 1.82) is 0 Å². The summed E-state index contributed by atoms with van der Waals surface area (Å²) in [7, 11) is -2.39. The molecule has 2 aromatic rings. The van der Waals surface area contributed by atoms with Crippen molar-refractivity contribution in [2.75, 3.05) is 19.0 Å². The molecule has 0 spiro atoms. The first kappa shape index (κ1) is 18.3. The maximum absolute atomic E-state index is 12.2. The molecule has 0 aliphatic carbocycles. The van der Waals surface area contributed by atoms with Gasteiger partial charge in [0.25, 0.3) is 0 Å². The van der Waals surface area contributed by atoms with Crippen LogP contribution in [0.3, 0.4) is 0 Å². The molecule has 128 valence electrons. The van der Waals surface area contributed by atoms with Gasteiger partial charge in [0.05, 0.1) is 24.4 Å². The zero-order chi connectivity index (χ0) is 17.7. The van der Waals surface area contributed by atoms with E-state index in [0.29, 0.717) is 11.4 Å². The van der Waals surface area contributed by atoms with Crippen LogP contribution in [-0.2, 0) is 14.8 Å². The highest BCUT2D eigenvalue weighted by Crippen LogP contribution is 2.25. The van der Waals surface area contributed by atoms with E-state index in [0.717, 1.165) is 5.56 Å². The second-order valence-corrected chi connectivity index (χ2v) is 7.15. The Bertz CT molecular complexity index is 853. The fraction of sp³-hybridized carbons (Fsp3) is 0.188.